The summed E-state index contributed by atoms with van der Waals surface area (Å²) in [6.45, 7) is 4.32. The van der Waals surface area contributed by atoms with Crippen molar-refractivity contribution in [3.05, 3.63) is 82.7 Å². The summed E-state index contributed by atoms with van der Waals surface area (Å²) in [7, 11) is 0. The Morgan fingerprint density at radius 2 is 2.18 bits per heavy atom. The maximum absolute atomic E-state index is 13.7. The number of aromatic nitrogens is 4. The number of pyridine rings is 2. The van der Waals surface area contributed by atoms with Crippen LogP contribution in [-0.4, -0.2) is 32.3 Å². The lowest BCUT2D eigenvalue weighted by molar-refractivity contribution is 0.0757. The summed E-state index contributed by atoms with van der Waals surface area (Å²) >= 11 is 0. The van der Waals surface area contributed by atoms with Crippen molar-refractivity contribution in [2.75, 3.05) is 6.61 Å². The number of carbonyl (C=O) groups is 1. The number of benzene rings is 1. The lowest BCUT2D eigenvalue weighted by atomic mass is 9.79. The van der Waals surface area contributed by atoms with Crippen LogP contribution in [0, 0.1) is 24.1 Å². The Morgan fingerprint density at radius 3 is 2.94 bits per heavy atom. The second-order valence-electron chi connectivity index (χ2n) is 8.54. The van der Waals surface area contributed by atoms with Crippen LogP contribution in [0.5, 0.6) is 0 Å². The Labute approximate surface area is 195 Å². The van der Waals surface area contributed by atoms with Gasteiger partial charge in [0.15, 0.2) is 11.6 Å². The van der Waals surface area contributed by atoms with Gasteiger partial charge in [-0.15, -0.1) is 0 Å². The number of hydrogen-bond acceptors (Lipinski definition) is 6. The van der Waals surface area contributed by atoms with Gasteiger partial charge in [0.2, 0.25) is 0 Å². The molecule has 1 N–H and O–H groups in total. The molecule has 9 heteroatoms. The monoisotopic (exact) mass is 456 g/mol. The fourth-order valence-corrected chi connectivity index (χ4v) is 3.99. The minimum absolute atomic E-state index is 0.200. The highest BCUT2D eigenvalue weighted by Crippen LogP contribution is 2.32. The van der Waals surface area contributed by atoms with Crippen LogP contribution in [0.3, 0.4) is 0 Å². The summed E-state index contributed by atoms with van der Waals surface area (Å²) < 4.78 is 20.6. The number of rotatable bonds is 4. The van der Waals surface area contributed by atoms with E-state index >= 15 is 0 Å². The van der Waals surface area contributed by atoms with E-state index in [2.05, 4.69) is 26.5 Å². The third kappa shape index (κ3) is 3.89. The zero-order chi connectivity index (χ0) is 23.9. The standard InChI is InChI=1S/C25H21FN6O2/c1-15-21(26)11-32(31-15)23-6-5-17-9-28-19(8-22(17)30-23)10-29-24(33)16-3-4-18-12-34-14-25(2,13-27)20(18)7-16/h3-9,11H,10,12,14H2,1-2H3,(H,29,33). The molecule has 0 radical (unpaired) electrons. The maximum Gasteiger partial charge on any atom is 0.251 e. The molecule has 1 aromatic carbocycles. The van der Waals surface area contributed by atoms with Crippen LogP contribution in [0.2, 0.25) is 0 Å². The summed E-state index contributed by atoms with van der Waals surface area (Å²) in [5.74, 6) is -0.176. The fourth-order valence-electron chi connectivity index (χ4n) is 3.99. The molecule has 1 aliphatic rings. The average molecular weight is 456 g/mol. The smallest absolute Gasteiger partial charge is 0.251 e. The average Bonchev–Trinajstić information content (AvgIpc) is 3.20. The lowest BCUT2D eigenvalue weighted by Crippen LogP contribution is -2.33. The van der Waals surface area contributed by atoms with Crippen molar-refractivity contribution in [1.82, 2.24) is 25.1 Å². The number of hydrogen-bond donors (Lipinski definition) is 1. The van der Waals surface area contributed by atoms with Gasteiger partial charge < -0.3 is 10.1 Å². The van der Waals surface area contributed by atoms with Gasteiger partial charge >= 0.3 is 0 Å². The third-order valence-electron chi connectivity index (χ3n) is 5.98. The van der Waals surface area contributed by atoms with E-state index in [4.69, 9.17) is 4.74 Å². The number of nitrogens with one attached hydrogen (secondary N) is 1. The molecule has 0 spiro atoms. The van der Waals surface area contributed by atoms with Crippen LogP contribution >= 0.6 is 0 Å². The van der Waals surface area contributed by atoms with Crippen molar-refractivity contribution < 1.29 is 13.9 Å². The Morgan fingerprint density at radius 1 is 1.32 bits per heavy atom. The van der Waals surface area contributed by atoms with E-state index in [1.165, 1.54) is 10.9 Å². The van der Waals surface area contributed by atoms with Crippen LogP contribution in [0.25, 0.3) is 16.7 Å². The highest BCUT2D eigenvalue weighted by Gasteiger charge is 2.33. The second kappa shape index (κ2) is 8.32. The molecule has 1 atom stereocenters. The molecule has 0 saturated carbocycles. The number of halogens is 1. The molecule has 4 aromatic rings. The molecule has 0 fully saturated rings. The van der Waals surface area contributed by atoms with Crippen LogP contribution in [0.4, 0.5) is 4.39 Å². The number of nitriles is 1. The normalized spacial score (nSPS) is 17.2. The van der Waals surface area contributed by atoms with Gasteiger partial charge in [0, 0.05) is 17.1 Å². The maximum atomic E-state index is 13.7. The molecule has 0 bridgehead atoms. The molecule has 34 heavy (non-hydrogen) atoms. The van der Waals surface area contributed by atoms with Gasteiger partial charge in [0.1, 0.15) is 5.41 Å². The number of nitrogens with zero attached hydrogens (tertiary/aromatic N) is 5. The molecule has 3 aromatic heterocycles. The zero-order valence-electron chi connectivity index (χ0n) is 18.7. The predicted molar refractivity (Wildman–Crippen MR) is 122 cm³/mol. The summed E-state index contributed by atoms with van der Waals surface area (Å²) in [4.78, 5) is 21.8. The van der Waals surface area contributed by atoms with E-state index in [0.29, 0.717) is 41.5 Å². The van der Waals surface area contributed by atoms with Gasteiger partial charge in [0.25, 0.3) is 5.91 Å². The fraction of sp³-hybridized carbons (Fsp3) is 0.240. The largest absolute Gasteiger partial charge is 0.375 e. The minimum atomic E-state index is -0.789. The Hall–Kier alpha value is -4.16. The molecular formula is C25H21FN6O2. The Balaban J connectivity index is 1.35. The first-order chi connectivity index (χ1) is 16.4. The number of amides is 1. The van der Waals surface area contributed by atoms with E-state index in [0.717, 1.165) is 16.5 Å². The van der Waals surface area contributed by atoms with Gasteiger partial charge in [-0.2, -0.15) is 10.4 Å². The van der Waals surface area contributed by atoms with Crippen molar-refractivity contribution in [2.24, 2.45) is 0 Å². The summed E-state index contributed by atoms with van der Waals surface area (Å²) in [5, 5.41) is 17.4. The first kappa shape index (κ1) is 21.7. The van der Waals surface area contributed by atoms with Crippen molar-refractivity contribution in [1.29, 1.82) is 5.26 Å². The highest BCUT2D eigenvalue weighted by molar-refractivity contribution is 5.94. The Kier molecular flexibility index (Phi) is 5.30. The summed E-state index contributed by atoms with van der Waals surface area (Å²) in [5.41, 5.74) is 3.00. The molecule has 5 rings (SSSR count). The number of fused-ring (bicyclic) bond motifs is 2. The van der Waals surface area contributed by atoms with Gasteiger partial charge in [0.05, 0.1) is 48.9 Å². The SMILES string of the molecule is Cc1nn(-c2ccc3cnc(CNC(=O)c4ccc5c(c4)C(C)(C#N)COC5)cc3n2)cc1F. The number of aryl methyl sites for hydroxylation is 1. The van der Waals surface area contributed by atoms with Crippen molar-refractivity contribution >= 4 is 16.8 Å². The predicted octanol–water partition coefficient (Wildman–Crippen LogP) is 3.50. The summed E-state index contributed by atoms with van der Waals surface area (Å²) in [6.07, 6.45) is 2.97. The van der Waals surface area contributed by atoms with Crippen LogP contribution in [0.15, 0.2) is 48.8 Å². The topological polar surface area (TPSA) is 106 Å². The van der Waals surface area contributed by atoms with Gasteiger partial charge in [-0.1, -0.05) is 6.07 Å². The quantitative estimate of drug-likeness (QED) is 0.504. The lowest BCUT2D eigenvalue weighted by Gasteiger charge is -2.30. The van der Waals surface area contributed by atoms with E-state index in [-0.39, 0.29) is 12.5 Å². The van der Waals surface area contributed by atoms with Crippen LogP contribution < -0.4 is 5.32 Å². The van der Waals surface area contributed by atoms with Crippen molar-refractivity contribution in [2.45, 2.75) is 32.4 Å². The second-order valence-corrected chi connectivity index (χ2v) is 8.54. The number of ether oxygens (including phenoxy) is 1. The zero-order valence-corrected chi connectivity index (χ0v) is 18.7. The van der Waals surface area contributed by atoms with E-state index in [1.54, 1.807) is 37.4 Å². The molecule has 0 aliphatic carbocycles. The molecular weight excluding hydrogens is 435 g/mol. The van der Waals surface area contributed by atoms with Crippen molar-refractivity contribution in [3.63, 3.8) is 0 Å². The molecule has 170 valence electrons. The van der Waals surface area contributed by atoms with E-state index < -0.39 is 11.2 Å². The van der Waals surface area contributed by atoms with Gasteiger partial charge in [-0.05, 0) is 55.3 Å². The van der Waals surface area contributed by atoms with Crippen LogP contribution in [-0.2, 0) is 23.3 Å². The van der Waals surface area contributed by atoms with Gasteiger partial charge in [-0.3, -0.25) is 9.78 Å². The van der Waals surface area contributed by atoms with E-state index in [9.17, 15) is 14.4 Å². The van der Waals surface area contributed by atoms with E-state index in [1.807, 2.05) is 19.1 Å². The van der Waals surface area contributed by atoms with Crippen LogP contribution in [0.1, 0.15) is 39.8 Å². The molecule has 1 unspecified atom stereocenters. The summed E-state index contributed by atoms with van der Waals surface area (Å²) in [6, 6.07) is 13.0. The van der Waals surface area contributed by atoms with Crippen molar-refractivity contribution in [3.8, 4) is 11.9 Å². The number of carbonyl (C=O) groups excluding carboxylic acids is 1. The molecule has 4 heterocycles. The molecule has 0 saturated heterocycles. The Bertz CT molecular complexity index is 1450. The minimum Gasteiger partial charge on any atom is -0.375 e. The third-order valence-corrected chi connectivity index (χ3v) is 5.98. The molecule has 1 amide bonds. The first-order valence-electron chi connectivity index (χ1n) is 10.7. The first-order valence-corrected chi connectivity index (χ1v) is 10.7. The highest BCUT2D eigenvalue weighted by atomic mass is 19.1. The van der Waals surface area contributed by atoms with Gasteiger partial charge in [-0.25, -0.2) is 14.1 Å². The molecule has 8 nitrogen and oxygen atoms in total. The molecule has 1 aliphatic heterocycles.